The molecule has 4 aromatic rings. The van der Waals surface area contributed by atoms with Crippen LogP contribution in [0.1, 0.15) is 61.6 Å². The van der Waals surface area contributed by atoms with E-state index in [4.69, 9.17) is 16.6 Å². The normalized spacial score (nSPS) is 20.9. The number of rotatable bonds is 7. The van der Waals surface area contributed by atoms with E-state index in [-0.39, 0.29) is 0 Å². The summed E-state index contributed by atoms with van der Waals surface area (Å²) in [5, 5.41) is 5.18. The van der Waals surface area contributed by atoms with Crippen molar-refractivity contribution in [2.24, 2.45) is 5.92 Å². The highest BCUT2D eigenvalue weighted by Crippen LogP contribution is 2.42. The quantitative estimate of drug-likeness (QED) is 0.247. The van der Waals surface area contributed by atoms with E-state index in [0.717, 1.165) is 46.4 Å². The van der Waals surface area contributed by atoms with Gasteiger partial charge in [-0.25, -0.2) is 9.97 Å². The van der Waals surface area contributed by atoms with Gasteiger partial charge in [0, 0.05) is 47.5 Å². The van der Waals surface area contributed by atoms with E-state index in [1.807, 2.05) is 6.20 Å². The lowest BCUT2D eigenvalue weighted by Crippen LogP contribution is -2.43. The van der Waals surface area contributed by atoms with E-state index in [2.05, 4.69) is 75.3 Å². The van der Waals surface area contributed by atoms with Crippen molar-refractivity contribution in [1.29, 1.82) is 0 Å². The van der Waals surface area contributed by atoms with Gasteiger partial charge in [0.25, 0.3) is 0 Å². The Hall–Kier alpha value is -2.93. The fourth-order valence-electron chi connectivity index (χ4n) is 6.72. The van der Waals surface area contributed by atoms with Gasteiger partial charge >= 0.3 is 0 Å². The van der Waals surface area contributed by atoms with Gasteiger partial charge in [-0.1, -0.05) is 36.7 Å². The zero-order valence-electron chi connectivity index (χ0n) is 23.6. The molecule has 0 spiro atoms. The Morgan fingerprint density at radius 2 is 1.88 bits per heavy atom. The molecule has 2 N–H and O–H groups in total. The summed E-state index contributed by atoms with van der Waals surface area (Å²) in [6.07, 6.45) is 10.2. The number of halogens is 1. The van der Waals surface area contributed by atoms with Crippen LogP contribution in [0, 0.1) is 12.8 Å². The van der Waals surface area contributed by atoms with E-state index >= 15 is 0 Å². The topological polar surface area (TPSA) is 60.1 Å². The molecular formula is C33H39ClN6. The second kappa shape index (κ2) is 10.8. The maximum absolute atomic E-state index is 6.61. The third-order valence-electron chi connectivity index (χ3n) is 9.09. The first-order chi connectivity index (χ1) is 19.5. The van der Waals surface area contributed by atoms with Crippen LogP contribution in [0.15, 0.2) is 48.8 Å². The van der Waals surface area contributed by atoms with Crippen molar-refractivity contribution < 1.29 is 0 Å². The predicted octanol–water partition coefficient (Wildman–Crippen LogP) is 7.51. The molecule has 4 heterocycles. The summed E-state index contributed by atoms with van der Waals surface area (Å²) in [5.41, 5.74) is 7.90. The van der Waals surface area contributed by atoms with Gasteiger partial charge in [0.15, 0.2) is 0 Å². The van der Waals surface area contributed by atoms with Gasteiger partial charge in [0.2, 0.25) is 5.95 Å². The minimum Gasteiger partial charge on any atom is -0.360 e. The number of nitrogens with one attached hydrogen (secondary N) is 2. The SMILES string of the molecule is Cc1ccc2c(-c3nc(Nc4cc(CN5CCC(N6CCC(C)C6)CC5)cc(C5CC5)c4)ncc3Cl)c[nH]c2c1. The summed E-state index contributed by atoms with van der Waals surface area (Å²) < 4.78 is 0. The summed E-state index contributed by atoms with van der Waals surface area (Å²) in [4.78, 5) is 18.2. The summed E-state index contributed by atoms with van der Waals surface area (Å²) >= 11 is 6.61. The molecule has 208 valence electrons. The fraction of sp³-hybridized carbons (Fsp3) is 0.455. The van der Waals surface area contributed by atoms with E-state index < -0.39 is 0 Å². The smallest absolute Gasteiger partial charge is 0.227 e. The molecule has 1 atom stereocenters. The van der Waals surface area contributed by atoms with Crippen LogP contribution in [0.4, 0.5) is 11.6 Å². The lowest BCUT2D eigenvalue weighted by Gasteiger charge is -2.37. The first-order valence-electron chi connectivity index (χ1n) is 15.0. The number of benzene rings is 2. The van der Waals surface area contributed by atoms with Crippen molar-refractivity contribution in [3.05, 3.63) is 70.5 Å². The fourth-order valence-corrected chi connectivity index (χ4v) is 6.91. The third-order valence-corrected chi connectivity index (χ3v) is 9.37. The van der Waals surface area contributed by atoms with Crippen LogP contribution in [0.2, 0.25) is 5.02 Å². The van der Waals surface area contributed by atoms with Crippen molar-refractivity contribution in [2.45, 2.75) is 64.5 Å². The highest BCUT2D eigenvalue weighted by molar-refractivity contribution is 6.33. The molecule has 2 aliphatic heterocycles. The van der Waals surface area contributed by atoms with Gasteiger partial charge in [-0.2, -0.15) is 0 Å². The molecular weight excluding hydrogens is 516 g/mol. The molecule has 3 fully saturated rings. The van der Waals surface area contributed by atoms with E-state index in [1.165, 1.54) is 75.0 Å². The van der Waals surface area contributed by atoms with Crippen molar-refractivity contribution >= 4 is 34.1 Å². The molecule has 7 rings (SSSR count). The number of aryl methyl sites for hydroxylation is 1. The van der Waals surface area contributed by atoms with Gasteiger partial charge in [-0.3, -0.25) is 4.90 Å². The number of H-pyrrole nitrogens is 1. The van der Waals surface area contributed by atoms with Crippen molar-refractivity contribution in [1.82, 2.24) is 24.8 Å². The van der Waals surface area contributed by atoms with Crippen molar-refractivity contribution in [3.8, 4) is 11.3 Å². The largest absolute Gasteiger partial charge is 0.360 e. The third kappa shape index (κ3) is 5.50. The molecule has 2 saturated heterocycles. The number of hydrogen-bond donors (Lipinski definition) is 2. The number of fused-ring (bicyclic) bond motifs is 1. The Morgan fingerprint density at radius 1 is 1.02 bits per heavy atom. The van der Waals surface area contributed by atoms with Gasteiger partial charge < -0.3 is 15.2 Å². The zero-order valence-corrected chi connectivity index (χ0v) is 24.3. The number of likely N-dealkylation sites (tertiary alicyclic amines) is 2. The van der Waals surface area contributed by atoms with Crippen LogP contribution in [0.5, 0.6) is 0 Å². The van der Waals surface area contributed by atoms with Gasteiger partial charge in [0.1, 0.15) is 0 Å². The first kappa shape index (κ1) is 26.0. The molecule has 6 nitrogen and oxygen atoms in total. The van der Waals surface area contributed by atoms with Crippen LogP contribution in [0.25, 0.3) is 22.2 Å². The van der Waals surface area contributed by atoms with Crippen LogP contribution >= 0.6 is 11.6 Å². The highest BCUT2D eigenvalue weighted by atomic mass is 35.5. The summed E-state index contributed by atoms with van der Waals surface area (Å²) in [5.74, 6) is 2.11. The Bertz CT molecular complexity index is 1520. The number of aromatic amines is 1. The number of piperidine rings is 1. The molecule has 0 radical (unpaired) electrons. The van der Waals surface area contributed by atoms with Gasteiger partial charge in [-0.05, 0) is 105 Å². The minimum absolute atomic E-state index is 0.547. The molecule has 0 amide bonds. The Morgan fingerprint density at radius 3 is 2.65 bits per heavy atom. The number of hydrogen-bond acceptors (Lipinski definition) is 5. The molecule has 2 aromatic heterocycles. The maximum atomic E-state index is 6.61. The van der Waals surface area contributed by atoms with Crippen LogP contribution in [-0.4, -0.2) is 57.0 Å². The zero-order chi connectivity index (χ0) is 27.2. The highest BCUT2D eigenvalue weighted by Gasteiger charge is 2.29. The molecule has 40 heavy (non-hydrogen) atoms. The van der Waals surface area contributed by atoms with Crippen LogP contribution in [0.3, 0.4) is 0 Å². The number of nitrogens with zero attached hydrogens (tertiary/aromatic N) is 4. The second-order valence-electron chi connectivity index (χ2n) is 12.4. The summed E-state index contributed by atoms with van der Waals surface area (Å²) in [7, 11) is 0. The van der Waals surface area contributed by atoms with Crippen LogP contribution in [-0.2, 0) is 6.54 Å². The molecule has 3 aliphatic rings. The number of aromatic nitrogens is 3. The lowest BCUT2D eigenvalue weighted by molar-refractivity contribution is 0.120. The van der Waals surface area contributed by atoms with Crippen molar-refractivity contribution in [2.75, 3.05) is 31.5 Å². The average Bonchev–Trinajstić information content (AvgIpc) is 3.59. The molecule has 7 heteroatoms. The molecule has 1 saturated carbocycles. The summed E-state index contributed by atoms with van der Waals surface area (Å²) in [6, 6.07) is 14.2. The van der Waals surface area contributed by atoms with E-state index in [9.17, 15) is 0 Å². The van der Waals surface area contributed by atoms with Gasteiger partial charge in [0.05, 0.1) is 16.9 Å². The second-order valence-corrected chi connectivity index (χ2v) is 12.8. The Labute approximate surface area is 242 Å². The average molecular weight is 555 g/mol. The molecule has 0 bridgehead atoms. The van der Waals surface area contributed by atoms with Gasteiger partial charge in [-0.15, -0.1) is 0 Å². The Kier molecular flexibility index (Phi) is 7.02. The van der Waals surface area contributed by atoms with E-state index in [1.54, 1.807) is 6.20 Å². The number of anilines is 2. The van der Waals surface area contributed by atoms with Crippen LogP contribution < -0.4 is 5.32 Å². The predicted molar refractivity (Wildman–Crippen MR) is 164 cm³/mol. The molecule has 1 aliphatic carbocycles. The Balaban J connectivity index is 1.09. The first-order valence-corrected chi connectivity index (χ1v) is 15.3. The standard InChI is InChI=1S/C33H39ClN6/c1-21-3-6-28-29(17-35-31(28)13-21)32-30(34)18-36-33(38-32)37-26-15-23(14-25(16-26)24-4-5-24)20-39-10-8-27(9-11-39)40-12-7-22(2)19-40/h3,6,13-18,22,24,27,35H,4-5,7-12,19-20H2,1-2H3,(H,36,37,38). The molecule has 2 aromatic carbocycles. The van der Waals surface area contributed by atoms with E-state index in [0.29, 0.717) is 16.9 Å². The summed E-state index contributed by atoms with van der Waals surface area (Å²) in [6.45, 7) is 10.4. The minimum atomic E-state index is 0.547. The molecule has 1 unspecified atom stereocenters. The van der Waals surface area contributed by atoms with Crippen molar-refractivity contribution in [3.63, 3.8) is 0 Å². The maximum Gasteiger partial charge on any atom is 0.227 e. The monoisotopic (exact) mass is 554 g/mol. The lowest BCUT2D eigenvalue weighted by atomic mass is 10.0.